The molecule has 1 aromatic carbocycles. The Morgan fingerprint density at radius 3 is 2.78 bits per heavy atom. The summed E-state index contributed by atoms with van der Waals surface area (Å²) in [6.45, 7) is 7.24. The van der Waals surface area contributed by atoms with Crippen molar-refractivity contribution in [2.75, 3.05) is 25.5 Å². The molecule has 0 spiro atoms. The number of nitrogens with one attached hydrogen (secondary N) is 2. The molecular formula is C14H22N2O2. The SMILES string of the molecule is CCNc1cc(C)ccc1C(=O)NCC(C)OC. The molecule has 0 aromatic heterocycles. The molecule has 18 heavy (non-hydrogen) atoms. The zero-order chi connectivity index (χ0) is 13.5. The molecule has 0 aliphatic heterocycles. The van der Waals surface area contributed by atoms with E-state index in [0.717, 1.165) is 17.8 Å². The second-order valence-electron chi connectivity index (χ2n) is 4.34. The molecular weight excluding hydrogens is 228 g/mol. The fraction of sp³-hybridized carbons (Fsp3) is 0.500. The van der Waals surface area contributed by atoms with Gasteiger partial charge < -0.3 is 15.4 Å². The molecule has 1 aromatic rings. The van der Waals surface area contributed by atoms with Crippen molar-refractivity contribution >= 4 is 11.6 Å². The predicted molar refractivity (Wildman–Crippen MR) is 74.1 cm³/mol. The van der Waals surface area contributed by atoms with Crippen molar-refractivity contribution in [3.8, 4) is 0 Å². The minimum Gasteiger partial charge on any atom is -0.385 e. The Kier molecular flexibility index (Phi) is 5.65. The first-order chi connectivity index (χ1) is 8.58. The highest BCUT2D eigenvalue weighted by Gasteiger charge is 2.11. The summed E-state index contributed by atoms with van der Waals surface area (Å²) in [4.78, 5) is 12.1. The normalized spacial score (nSPS) is 12.0. The van der Waals surface area contributed by atoms with E-state index in [-0.39, 0.29) is 12.0 Å². The van der Waals surface area contributed by atoms with E-state index in [2.05, 4.69) is 10.6 Å². The monoisotopic (exact) mass is 250 g/mol. The Labute approximate surface area is 109 Å². The number of benzene rings is 1. The topological polar surface area (TPSA) is 50.4 Å². The third-order valence-electron chi connectivity index (χ3n) is 2.74. The number of hydrogen-bond acceptors (Lipinski definition) is 3. The van der Waals surface area contributed by atoms with Crippen molar-refractivity contribution in [1.82, 2.24) is 5.32 Å². The van der Waals surface area contributed by atoms with Crippen LogP contribution in [0.25, 0.3) is 0 Å². The Hall–Kier alpha value is -1.55. The summed E-state index contributed by atoms with van der Waals surface area (Å²) in [5.41, 5.74) is 2.68. The van der Waals surface area contributed by atoms with Gasteiger partial charge in [-0.25, -0.2) is 0 Å². The standard InChI is InChI=1S/C14H22N2O2/c1-5-15-13-8-10(2)6-7-12(13)14(17)16-9-11(3)18-4/h6-8,11,15H,5,9H2,1-4H3,(H,16,17). The number of aryl methyl sites for hydroxylation is 1. The maximum Gasteiger partial charge on any atom is 0.253 e. The van der Waals surface area contributed by atoms with Gasteiger partial charge in [0.25, 0.3) is 5.91 Å². The summed E-state index contributed by atoms with van der Waals surface area (Å²) in [7, 11) is 1.63. The molecule has 4 heteroatoms. The average Bonchev–Trinajstić information content (AvgIpc) is 2.36. The molecule has 0 aliphatic rings. The lowest BCUT2D eigenvalue weighted by atomic mass is 10.1. The molecule has 1 amide bonds. The maximum atomic E-state index is 12.1. The number of carbonyl (C=O) groups excluding carboxylic acids is 1. The predicted octanol–water partition coefficient (Wildman–Crippen LogP) is 2.19. The third kappa shape index (κ3) is 4.04. The second-order valence-corrected chi connectivity index (χ2v) is 4.34. The van der Waals surface area contributed by atoms with Crippen LogP contribution >= 0.6 is 0 Å². The highest BCUT2D eigenvalue weighted by atomic mass is 16.5. The van der Waals surface area contributed by atoms with E-state index in [9.17, 15) is 4.79 Å². The van der Waals surface area contributed by atoms with Crippen LogP contribution in [0.15, 0.2) is 18.2 Å². The van der Waals surface area contributed by atoms with Gasteiger partial charge in [0.05, 0.1) is 11.7 Å². The highest BCUT2D eigenvalue weighted by molar-refractivity contribution is 5.99. The van der Waals surface area contributed by atoms with Gasteiger partial charge in [0.1, 0.15) is 0 Å². The quantitative estimate of drug-likeness (QED) is 0.813. The smallest absolute Gasteiger partial charge is 0.253 e. The van der Waals surface area contributed by atoms with Crippen LogP contribution in [-0.4, -0.2) is 32.2 Å². The number of ether oxygens (including phenoxy) is 1. The van der Waals surface area contributed by atoms with Gasteiger partial charge in [-0.1, -0.05) is 6.07 Å². The van der Waals surface area contributed by atoms with Gasteiger partial charge in [-0.15, -0.1) is 0 Å². The van der Waals surface area contributed by atoms with Crippen molar-refractivity contribution < 1.29 is 9.53 Å². The zero-order valence-corrected chi connectivity index (χ0v) is 11.5. The Balaban J connectivity index is 2.78. The first-order valence-corrected chi connectivity index (χ1v) is 6.24. The lowest BCUT2D eigenvalue weighted by Crippen LogP contribution is -2.32. The van der Waals surface area contributed by atoms with Gasteiger partial charge in [0, 0.05) is 25.9 Å². The van der Waals surface area contributed by atoms with E-state index < -0.39 is 0 Å². The van der Waals surface area contributed by atoms with Crippen LogP contribution in [0, 0.1) is 6.92 Å². The maximum absolute atomic E-state index is 12.1. The van der Waals surface area contributed by atoms with E-state index in [1.54, 1.807) is 7.11 Å². The molecule has 1 unspecified atom stereocenters. The van der Waals surface area contributed by atoms with Gasteiger partial charge in [-0.05, 0) is 38.5 Å². The summed E-state index contributed by atoms with van der Waals surface area (Å²) < 4.78 is 5.10. The van der Waals surface area contributed by atoms with Crippen molar-refractivity contribution in [3.05, 3.63) is 29.3 Å². The van der Waals surface area contributed by atoms with E-state index in [1.165, 1.54) is 0 Å². The van der Waals surface area contributed by atoms with Crippen molar-refractivity contribution in [3.63, 3.8) is 0 Å². The van der Waals surface area contributed by atoms with Gasteiger partial charge in [0.2, 0.25) is 0 Å². The first-order valence-electron chi connectivity index (χ1n) is 6.24. The minimum absolute atomic E-state index is 0.0157. The molecule has 0 heterocycles. The van der Waals surface area contributed by atoms with Crippen LogP contribution in [0.3, 0.4) is 0 Å². The summed E-state index contributed by atoms with van der Waals surface area (Å²) >= 11 is 0. The number of rotatable bonds is 6. The van der Waals surface area contributed by atoms with Crippen LogP contribution in [0.4, 0.5) is 5.69 Å². The average molecular weight is 250 g/mol. The second kappa shape index (κ2) is 7.01. The van der Waals surface area contributed by atoms with E-state index in [1.807, 2.05) is 39.0 Å². The molecule has 0 saturated carbocycles. The number of carbonyl (C=O) groups is 1. The summed E-state index contributed by atoms with van der Waals surface area (Å²) in [5.74, 6) is -0.0742. The molecule has 0 bridgehead atoms. The van der Waals surface area contributed by atoms with Crippen LogP contribution in [0.1, 0.15) is 29.8 Å². The fourth-order valence-electron chi connectivity index (χ4n) is 1.61. The summed E-state index contributed by atoms with van der Waals surface area (Å²) in [5, 5.41) is 6.07. The molecule has 0 fully saturated rings. The van der Waals surface area contributed by atoms with Gasteiger partial charge in [-0.2, -0.15) is 0 Å². The minimum atomic E-state index is -0.0742. The molecule has 0 aliphatic carbocycles. The van der Waals surface area contributed by atoms with E-state index in [0.29, 0.717) is 12.1 Å². The van der Waals surface area contributed by atoms with Crippen LogP contribution in [-0.2, 0) is 4.74 Å². The number of methoxy groups -OCH3 is 1. The lowest BCUT2D eigenvalue weighted by Gasteiger charge is -2.14. The van der Waals surface area contributed by atoms with Crippen molar-refractivity contribution in [1.29, 1.82) is 0 Å². The Bertz CT molecular complexity index is 405. The number of anilines is 1. The fourth-order valence-corrected chi connectivity index (χ4v) is 1.61. The Morgan fingerprint density at radius 2 is 2.17 bits per heavy atom. The van der Waals surface area contributed by atoms with E-state index >= 15 is 0 Å². The zero-order valence-electron chi connectivity index (χ0n) is 11.5. The number of amides is 1. The molecule has 1 rings (SSSR count). The molecule has 1 atom stereocenters. The van der Waals surface area contributed by atoms with Crippen LogP contribution < -0.4 is 10.6 Å². The van der Waals surface area contributed by atoms with Crippen LogP contribution in [0.5, 0.6) is 0 Å². The lowest BCUT2D eigenvalue weighted by molar-refractivity contribution is 0.0871. The van der Waals surface area contributed by atoms with Gasteiger partial charge in [-0.3, -0.25) is 4.79 Å². The largest absolute Gasteiger partial charge is 0.385 e. The van der Waals surface area contributed by atoms with Gasteiger partial charge >= 0.3 is 0 Å². The van der Waals surface area contributed by atoms with Gasteiger partial charge in [0.15, 0.2) is 0 Å². The number of hydrogen-bond donors (Lipinski definition) is 2. The van der Waals surface area contributed by atoms with E-state index in [4.69, 9.17) is 4.74 Å². The summed E-state index contributed by atoms with van der Waals surface area (Å²) in [6.07, 6.45) is 0.0157. The molecule has 0 saturated heterocycles. The highest BCUT2D eigenvalue weighted by Crippen LogP contribution is 2.17. The van der Waals surface area contributed by atoms with Crippen molar-refractivity contribution in [2.45, 2.75) is 26.9 Å². The molecule has 0 radical (unpaired) electrons. The summed E-state index contributed by atoms with van der Waals surface area (Å²) in [6, 6.07) is 5.77. The third-order valence-corrected chi connectivity index (χ3v) is 2.74. The first kappa shape index (κ1) is 14.5. The molecule has 100 valence electrons. The Morgan fingerprint density at radius 1 is 1.44 bits per heavy atom. The van der Waals surface area contributed by atoms with Crippen LogP contribution in [0.2, 0.25) is 0 Å². The van der Waals surface area contributed by atoms with Crippen molar-refractivity contribution in [2.24, 2.45) is 0 Å². The molecule has 4 nitrogen and oxygen atoms in total. The molecule has 2 N–H and O–H groups in total.